The maximum Gasteiger partial charge on any atom is 0.191 e. The van der Waals surface area contributed by atoms with Gasteiger partial charge in [-0.1, -0.05) is 42.4 Å². The van der Waals surface area contributed by atoms with Gasteiger partial charge in [-0.05, 0) is 19.8 Å². The van der Waals surface area contributed by atoms with Crippen molar-refractivity contribution in [1.29, 1.82) is 0 Å². The summed E-state index contributed by atoms with van der Waals surface area (Å²) in [4.78, 5) is 6.85. The smallest absolute Gasteiger partial charge is 0.191 e. The van der Waals surface area contributed by atoms with E-state index in [4.69, 9.17) is 4.52 Å². The van der Waals surface area contributed by atoms with Crippen LogP contribution >= 0.6 is 24.0 Å². The van der Waals surface area contributed by atoms with Gasteiger partial charge in [0.05, 0.1) is 6.54 Å². The number of halogens is 1. The Labute approximate surface area is 178 Å². The molecule has 2 N–H and O–H groups in total. The summed E-state index contributed by atoms with van der Waals surface area (Å²) < 4.78 is 5.45. The van der Waals surface area contributed by atoms with E-state index in [9.17, 15) is 0 Å². The van der Waals surface area contributed by atoms with Gasteiger partial charge in [0.2, 0.25) is 0 Å². The van der Waals surface area contributed by atoms with E-state index < -0.39 is 0 Å². The molecule has 2 aromatic rings. The molecule has 1 aromatic heterocycles. The van der Waals surface area contributed by atoms with Crippen LogP contribution in [0.25, 0.3) is 11.3 Å². The first-order valence-corrected chi connectivity index (χ1v) is 9.29. The van der Waals surface area contributed by atoms with Gasteiger partial charge in [-0.2, -0.15) is 0 Å². The summed E-state index contributed by atoms with van der Waals surface area (Å²) in [6.45, 7) is 9.49. The second kappa shape index (κ2) is 10.1. The summed E-state index contributed by atoms with van der Waals surface area (Å²) in [5.74, 6) is 2.17. The Bertz CT molecular complexity index is 731. The van der Waals surface area contributed by atoms with Gasteiger partial charge in [0.25, 0.3) is 0 Å². The third-order valence-corrected chi connectivity index (χ3v) is 4.98. The molecule has 2 atom stereocenters. The van der Waals surface area contributed by atoms with Crippen molar-refractivity contribution < 1.29 is 4.52 Å². The van der Waals surface area contributed by atoms with E-state index in [-0.39, 0.29) is 24.0 Å². The van der Waals surface area contributed by atoms with Gasteiger partial charge in [-0.3, -0.25) is 9.89 Å². The van der Waals surface area contributed by atoms with Gasteiger partial charge < -0.3 is 15.2 Å². The molecule has 1 saturated heterocycles. The highest BCUT2D eigenvalue weighted by atomic mass is 127. The zero-order chi connectivity index (χ0) is 18.5. The highest BCUT2D eigenvalue weighted by Crippen LogP contribution is 2.19. The van der Waals surface area contributed by atoms with Gasteiger partial charge >= 0.3 is 0 Å². The minimum Gasteiger partial charge on any atom is -0.359 e. The molecule has 0 radical (unpaired) electrons. The molecule has 1 aliphatic heterocycles. The van der Waals surface area contributed by atoms with Crippen LogP contribution in [0.4, 0.5) is 0 Å². The lowest BCUT2D eigenvalue weighted by Crippen LogP contribution is -2.46. The third-order valence-electron chi connectivity index (χ3n) is 4.98. The molecule has 1 aromatic carbocycles. The Hall–Kier alpha value is -1.61. The van der Waals surface area contributed by atoms with E-state index in [0.717, 1.165) is 36.1 Å². The highest BCUT2D eigenvalue weighted by Gasteiger charge is 2.31. The van der Waals surface area contributed by atoms with Crippen molar-refractivity contribution in [3.8, 4) is 11.3 Å². The quantitative estimate of drug-likeness (QED) is 0.388. The number of aliphatic imine (C=N–C) groups is 1. The van der Waals surface area contributed by atoms with Gasteiger partial charge in [0.15, 0.2) is 11.7 Å². The molecule has 0 spiro atoms. The first kappa shape index (κ1) is 21.7. The number of nitrogens with one attached hydrogen (secondary N) is 2. The summed E-state index contributed by atoms with van der Waals surface area (Å²) >= 11 is 0. The van der Waals surface area contributed by atoms with Gasteiger partial charge in [0.1, 0.15) is 5.69 Å². The molecule has 2 unspecified atom stereocenters. The normalized spacial score (nSPS) is 20.6. The fourth-order valence-electron chi connectivity index (χ4n) is 3.30. The number of nitrogens with zero attached hydrogens (tertiary/aromatic N) is 3. The number of guanidine groups is 1. The minimum absolute atomic E-state index is 0. The highest BCUT2D eigenvalue weighted by molar-refractivity contribution is 14.0. The van der Waals surface area contributed by atoms with Crippen LogP contribution in [0.3, 0.4) is 0 Å². The topological polar surface area (TPSA) is 65.7 Å². The van der Waals surface area contributed by atoms with Crippen LogP contribution in [0.1, 0.15) is 26.5 Å². The van der Waals surface area contributed by atoms with Crippen LogP contribution in [0.15, 0.2) is 45.9 Å². The van der Waals surface area contributed by atoms with Crippen molar-refractivity contribution >= 4 is 29.9 Å². The lowest BCUT2D eigenvalue weighted by molar-refractivity contribution is 0.265. The van der Waals surface area contributed by atoms with Crippen LogP contribution in [-0.2, 0) is 6.54 Å². The summed E-state index contributed by atoms with van der Waals surface area (Å²) in [6.07, 6.45) is 0. The molecule has 1 fully saturated rings. The Morgan fingerprint density at radius 2 is 2.04 bits per heavy atom. The summed E-state index contributed by atoms with van der Waals surface area (Å²) in [5.41, 5.74) is 1.90. The van der Waals surface area contributed by atoms with Gasteiger partial charge in [-0.25, -0.2) is 0 Å². The van der Waals surface area contributed by atoms with Crippen molar-refractivity contribution in [3.05, 3.63) is 42.2 Å². The van der Waals surface area contributed by atoms with Crippen LogP contribution in [-0.4, -0.2) is 48.2 Å². The molecule has 0 saturated carbocycles. The van der Waals surface area contributed by atoms with Crippen molar-refractivity contribution in [3.63, 3.8) is 0 Å². The predicted molar refractivity (Wildman–Crippen MR) is 120 cm³/mol. The molecular weight excluding hydrogens is 453 g/mol. The molecule has 3 rings (SSSR count). The molecule has 0 amide bonds. The van der Waals surface area contributed by atoms with Crippen LogP contribution in [0.2, 0.25) is 0 Å². The predicted octanol–water partition coefficient (Wildman–Crippen LogP) is 3.35. The Kier molecular flexibility index (Phi) is 8.09. The maximum absolute atomic E-state index is 5.45. The van der Waals surface area contributed by atoms with E-state index in [1.54, 1.807) is 7.05 Å². The average molecular weight is 483 g/mol. The number of hydrogen-bond acceptors (Lipinski definition) is 4. The van der Waals surface area contributed by atoms with Crippen molar-refractivity contribution in [1.82, 2.24) is 20.7 Å². The maximum atomic E-state index is 5.45. The third kappa shape index (κ3) is 5.68. The van der Waals surface area contributed by atoms with Crippen molar-refractivity contribution in [2.75, 3.05) is 20.1 Å². The molecule has 0 aliphatic carbocycles. The minimum atomic E-state index is 0. The largest absolute Gasteiger partial charge is 0.359 e. The molecule has 1 aliphatic rings. The Balaban J connectivity index is 0.00000261. The molecule has 2 heterocycles. The summed E-state index contributed by atoms with van der Waals surface area (Å²) in [6, 6.07) is 13.0. The lowest BCUT2D eigenvalue weighted by atomic mass is 10.1. The standard InChI is InChI=1S/C20H29N5O.HI/c1-14(2)25-12-15(3)19(13-25)23-20(21-4)22-11-17-10-18(24-26-17)16-8-6-5-7-9-16;/h5-10,14-15,19H,11-13H2,1-4H3,(H2,21,22,23);1H. The molecule has 6 nitrogen and oxygen atoms in total. The number of hydrogen-bond donors (Lipinski definition) is 2. The Morgan fingerprint density at radius 1 is 1.30 bits per heavy atom. The molecule has 27 heavy (non-hydrogen) atoms. The van der Waals surface area contributed by atoms with E-state index >= 15 is 0 Å². The SMILES string of the molecule is CN=C(NCc1cc(-c2ccccc2)no1)NC1CN(C(C)C)CC1C.I. The van der Waals surface area contributed by atoms with Crippen LogP contribution in [0.5, 0.6) is 0 Å². The van der Waals surface area contributed by atoms with Crippen LogP contribution < -0.4 is 10.6 Å². The van der Waals surface area contributed by atoms with E-state index in [0.29, 0.717) is 24.5 Å². The van der Waals surface area contributed by atoms with E-state index in [2.05, 4.69) is 46.5 Å². The summed E-state index contributed by atoms with van der Waals surface area (Å²) in [7, 11) is 1.80. The van der Waals surface area contributed by atoms with Crippen LogP contribution in [0, 0.1) is 5.92 Å². The first-order chi connectivity index (χ1) is 12.6. The summed E-state index contributed by atoms with van der Waals surface area (Å²) in [5, 5.41) is 11.0. The second-order valence-corrected chi connectivity index (χ2v) is 7.25. The van der Waals surface area contributed by atoms with Gasteiger partial charge in [-0.15, -0.1) is 24.0 Å². The van der Waals surface area contributed by atoms with Crippen molar-refractivity contribution in [2.45, 2.75) is 39.4 Å². The van der Waals surface area contributed by atoms with Crippen molar-refractivity contribution in [2.24, 2.45) is 10.9 Å². The Morgan fingerprint density at radius 3 is 2.67 bits per heavy atom. The molecule has 7 heteroatoms. The fraction of sp³-hybridized carbons (Fsp3) is 0.500. The molecular formula is C20H30IN5O. The molecule has 148 valence electrons. The number of benzene rings is 1. The average Bonchev–Trinajstić information content (AvgIpc) is 3.26. The first-order valence-electron chi connectivity index (χ1n) is 9.29. The van der Waals surface area contributed by atoms with E-state index in [1.807, 2.05) is 36.4 Å². The van der Waals surface area contributed by atoms with E-state index in [1.165, 1.54) is 0 Å². The second-order valence-electron chi connectivity index (χ2n) is 7.25. The fourth-order valence-corrected chi connectivity index (χ4v) is 3.30. The monoisotopic (exact) mass is 483 g/mol. The van der Waals surface area contributed by atoms with Gasteiger partial charge in [0, 0.05) is 43.9 Å². The number of rotatable bonds is 5. The lowest BCUT2D eigenvalue weighted by Gasteiger charge is -2.21. The molecule has 0 bridgehead atoms. The number of aromatic nitrogens is 1. The number of likely N-dealkylation sites (tertiary alicyclic amines) is 1. The zero-order valence-electron chi connectivity index (χ0n) is 16.5. The zero-order valence-corrected chi connectivity index (χ0v) is 18.8.